The topological polar surface area (TPSA) is 59.4 Å². The smallest absolute Gasteiger partial charge is 0.254 e. The number of halogens is 2. The number of likely N-dealkylation sites (tertiary alicyclic amines) is 1. The van der Waals surface area contributed by atoms with Gasteiger partial charge in [0.15, 0.2) is 11.6 Å². The van der Waals surface area contributed by atoms with Gasteiger partial charge in [-0.15, -0.1) is 0 Å². The van der Waals surface area contributed by atoms with Gasteiger partial charge in [0, 0.05) is 25.7 Å². The zero-order valence-corrected chi connectivity index (χ0v) is 18.9. The number of ether oxygens (including phenoxy) is 1. The van der Waals surface area contributed by atoms with E-state index in [0.717, 1.165) is 42.9 Å². The normalized spacial score (nSPS) is 14.9. The molecule has 2 heterocycles. The number of rotatable bonds is 7. The Balaban J connectivity index is 1.35. The molecule has 1 N–H and O–H groups in total. The van der Waals surface area contributed by atoms with Gasteiger partial charge in [0.05, 0.1) is 30.3 Å². The molecule has 0 radical (unpaired) electrons. The van der Waals surface area contributed by atoms with Gasteiger partial charge in [-0.25, -0.2) is 13.5 Å². The number of hydrogen-bond acceptors (Lipinski definition) is 4. The highest BCUT2D eigenvalue weighted by Crippen LogP contribution is 2.21. The van der Waals surface area contributed by atoms with E-state index in [1.54, 1.807) is 29.1 Å². The summed E-state index contributed by atoms with van der Waals surface area (Å²) in [4.78, 5) is 15.2. The van der Waals surface area contributed by atoms with Gasteiger partial charge in [-0.1, -0.05) is 13.0 Å². The molecule has 33 heavy (non-hydrogen) atoms. The lowest BCUT2D eigenvalue weighted by atomic mass is 10.0. The van der Waals surface area contributed by atoms with Crippen LogP contribution < -0.4 is 10.1 Å². The second kappa shape index (κ2) is 10.1. The molecule has 1 saturated heterocycles. The minimum Gasteiger partial charge on any atom is -0.494 e. The van der Waals surface area contributed by atoms with Gasteiger partial charge in [-0.05, 0) is 61.2 Å². The number of amides is 1. The summed E-state index contributed by atoms with van der Waals surface area (Å²) in [5.74, 6) is -0.569. The fraction of sp³-hybridized carbons (Fsp3) is 0.360. The highest BCUT2D eigenvalue weighted by Gasteiger charge is 2.24. The van der Waals surface area contributed by atoms with Crippen molar-refractivity contribution < 1.29 is 18.3 Å². The third-order valence-electron chi connectivity index (χ3n) is 6.06. The average molecular weight is 455 g/mol. The predicted octanol–water partition coefficient (Wildman–Crippen LogP) is 4.12. The first kappa shape index (κ1) is 22.9. The van der Waals surface area contributed by atoms with Crippen molar-refractivity contribution in [1.82, 2.24) is 20.0 Å². The lowest BCUT2D eigenvalue weighted by molar-refractivity contribution is 0.0908. The first-order valence-corrected chi connectivity index (χ1v) is 11.2. The second-order valence-electron chi connectivity index (χ2n) is 8.24. The molecule has 4 rings (SSSR count). The largest absolute Gasteiger partial charge is 0.494 e. The molecule has 8 heteroatoms. The van der Waals surface area contributed by atoms with Crippen molar-refractivity contribution in [2.24, 2.45) is 0 Å². The highest BCUT2D eigenvalue weighted by atomic mass is 19.1. The number of nitrogens with zero attached hydrogens (tertiary/aromatic N) is 3. The summed E-state index contributed by atoms with van der Waals surface area (Å²) in [7, 11) is 1.45. The van der Waals surface area contributed by atoms with Crippen LogP contribution >= 0.6 is 0 Å². The number of aromatic nitrogens is 2. The molecule has 1 aliphatic heterocycles. The fourth-order valence-electron chi connectivity index (χ4n) is 4.27. The van der Waals surface area contributed by atoms with Crippen molar-refractivity contribution in [2.45, 2.75) is 38.8 Å². The Morgan fingerprint density at radius 2 is 1.88 bits per heavy atom. The summed E-state index contributed by atoms with van der Waals surface area (Å²) < 4.78 is 33.9. The van der Waals surface area contributed by atoms with Crippen molar-refractivity contribution in [3.05, 3.63) is 77.1 Å². The molecule has 0 spiro atoms. The van der Waals surface area contributed by atoms with Crippen molar-refractivity contribution in [3.63, 3.8) is 0 Å². The SMILES string of the molecule is CCc1c(C(=O)NC2CCN(Cc3ccc(OC)c(F)c3)CC2)cnn1-c1ccc(F)cc1. The average Bonchev–Trinajstić information content (AvgIpc) is 3.25. The third kappa shape index (κ3) is 5.22. The van der Waals surface area contributed by atoms with Crippen molar-refractivity contribution in [2.75, 3.05) is 20.2 Å². The molecule has 0 saturated carbocycles. The number of methoxy groups -OCH3 is 1. The molecule has 0 atom stereocenters. The summed E-state index contributed by atoms with van der Waals surface area (Å²) in [6, 6.07) is 11.2. The van der Waals surface area contributed by atoms with E-state index in [4.69, 9.17) is 4.74 Å². The van der Waals surface area contributed by atoms with Crippen LogP contribution in [0.1, 0.15) is 41.4 Å². The zero-order chi connectivity index (χ0) is 23.4. The number of nitrogens with one attached hydrogen (secondary N) is 1. The van der Waals surface area contributed by atoms with E-state index in [1.807, 2.05) is 13.0 Å². The molecule has 2 aromatic carbocycles. The van der Waals surface area contributed by atoms with Gasteiger partial charge in [0.2, 0.25) is 0 Å². The van der Waals surface area contributed by atoms with E-state index in [2.05, 4.69) is 15.3 Å². The molecule has 1 amide bonds. The summed E-state index contributed by atoms with van der Waals surface area (Å²) in [5, 5.41) is 7.50. The van der Waals surface area contributed by atoms with Gasteiger partial charge >= 0.3 is 0 Å². The van der Waals surface area contributed by atoms with E-state index in [9.17, 15) is 13.6 Å². The van der Waals surface area contributed by atoms with Gasteiger partial charge in [-0.3, -0.25) is 9.69 Å². The molecule has 6 nitrogen and oxygen atoms in total. The van der Waals surface area contributed by atoms with Crippen LogP contribution in [0.5, 0.6) is 5.75 Å². The Morgan fingerprint density at radius 1 is 1.15 bits per heavy atom. The summed E-state index contributed by atoms with van der Waals surface area (Å²) >= 11 is 0. The van der Waals surface area contributed by atoms with E-state index in [1.165, 1.54) is 25.3 Å². The minimum atomic E-state index is -0.356. The van der Waals surface area contributed by atoms with E-state index in [0.29, 0.717) is 18.5 Å². The highest BCUT2D eigenvalue weighted by molar-refractivity contribution is 5.95. The predicted molar refractivity (Wildman–Crippen MR) is 122 cm³/mol. The van der Waals surface area contributed by atoms with Crippen LogP contribution in [-0.4, -0.2) is 46.8 Å². The first-order chi connectivity index (χ1) is 16.0. The van der Waals surface area contributed by atoms with Crippen LogP contribution in [0.4, 0.5) is 8.78 Å². The van der Waals surface area contributed by atoms with Crippen molar-refractivity contribution in [3.8, 4) is 11.4 Å². The monoisotopic (exact) mass is 454 g/mol. The van der Waals surface area contributed by atoms with Gasteiger partial charge in [0.25, 0.3) is 5.91 Å². The lowest BCUT2D eigenvalue weighted by Crippen LogP contribution is -2.44. The maximum Gasteiger partial charge on any atom is 0.254 e. The minimum absolute atomic E-state index is 0.0697. The standard InChI is InChI=1S/C25H28F2N4O2/c1-3-23-21(15-28-31(23)20-7-5-18(26)6-8-20)25(32)29-19-10-12-30(13-11-19)16-17-4-9-24(33-2)22(27)14-17/h4-9,14-15,19H,3,10-13,16H2,1-2H3,(H,29,32). The Hall–Kier alpha value is -3.26. The lowest BCUT2D eigenvalue weighted by Gasteiger charge is -2.32. The number of piperidine rings is 1. The van der Waals surface area contributed by atoms with Crippen LogP contribution in [-0.2, 0) is 13.0 Å². The fourth-order valence-corrected chi connectivity index (χ4v) is 4.27. The van der Waals surface area contributed by atoms with E-state index < -0.39 is 0 Å². The van der Waals surface area contributed by atoms with E-state index >= 15 is 0 Å². The van der Waals surface area contributed by atoms with Crippen LogP contribution in [0, 0.1) is 11.6 Å². The molecular weight excluding hydrogens is 426 g/mol. The second-order valence-corrected chi connectivity index (χ2v) is 8.24. The summed E-state index contributed by atoms with van der Waals surface area (Å²) in [5.41, 5.74) is 2.95. The Bertz CT molecular complexity index is 1110. The molecule has 1 fully saturated rings. The number of hydrogen-bond donors (Lipinski definition) is 1. The van der Waals surface area contributed by atoms with E-state index in [-0.39, 0.29) is 29.3 Å². The van der Waals surface area contributed by atoms with Crippen LogP contribution in [0.25, 0.3) is 5.69 Å². The zero-order valence-electron chi connectivity index (χ0n) is 18.9. The van der Waals surface area contributed by atoms with Gasteiger partial charge in [0.1, 0.15) is 5.82 Å². The molecule has 1 aromatic heterocycles. The molecule has 1 aliphatic rings. The van der Waals surface area contributed by atoms with Crippen LogP contribution in [0.2, 0.25) is 0 Å². The van der Waals surface area contributed by atoms with Crippen molar-refractivity contribution in [1.29, 1.82) is 0 Å². The summed E-state index contributed by atoms with van der Waals surface area (Å²) in [6.45, 7) is 4.25. The molecule has 174 valence electrons. The van der Waals surface area contributed by atoms with Crippen molar-refractivity contribution >= 4 is 5.91 Å². The Morgan fingerprint density at radius 3 is 2.52 bits per heavy atom. The number of carbonyl (C=O) groups excluding carboxylic acids is 1. The first-order valence-electron chi connectivity index (χ1n) is 11.2. The number of benzene rings is 2. The van der Waals surface area contributed by atoms with Crippen LogP contribution in [0.3, 0.4) is 0 Å². The number of carbonyl (C=O) groups is 1. The molecular formula is C25H28F2N4O2. The molecule has 0 bridgehead atoms. The maximum absolute atomic E-state index is 13.9. The Kier molecular flexibility index (Phi) is 7.03. The van der Waals surface area contributed by atoms with Gasteiger partial charge < -0.3 is 10.1 Å². The Labute approximate surface area is 192 Å². The maximum atomic E-state index is 13.9. The summed E-state index contributed by atoms with van der Waals surface area (Å²) in [6.07, 6.45) is 3.83. The van der Waals surface area contributed by atoms with Crippen LogP contribution in [0.15, 0.2) is 48.7 Å². The molecule has 0 unspecified atom stereocenters. The molecule has 3 aromatic rings. The quantitative estimate of drug-likeness (QED) is 0.584. The molecule has 0 aliphatic carbocycles. The third-order valence-corrected chi connectivity index (χ3v) is 6.06. The van der Waals surface area contributed by atoms with Gasteiger partial charge in [-0.2, -0.15) is 5.10 Å².